The lowest BCUT2D eigenvalue weighted by Crippen LogP contribution is -2.30. The van der Waals surface area contributed by atoms with E-state index in [-0.39, 0.29) is 23.1 Å². The lowest BCUT2D eigenvalue weighted by Gasteiger charge is -2.16. The van der Waals surface area contributed by atoms with Gasteiger partial charge in [0.1, 0.15) is 11.4 Å². The molecule has 2 aromatic carbocycles. The molecular weight excluding hydrogens is 390 g/mol. The summed E-state index contributed by atoms with van der Waals surface area (Å²) in [6.45, 7) is 3.56. The van der Waals surface area contributed by atoms with E-state index in [9.17, 15) is 9.59 Å². The van der Waals surface area contributed by atoms with E-state index in [1.54, 1.807) is 37.5 Å². The van der Waals surface area contributed by atoms with Crippen molar-refractivity contribution in [2.24, 2.45) is 0 Å². The average Bonchev–Trinajstić information content (AvgIpc) is 2.81. The number of aromatic nitrogens is 2. The van der Waals surface area contributed by atoms with Crippen molar-refractivity contribution in [3.05, 3.63) is 94.0 Å². The quantitative estimate of drug-likeness (QED) is 0.508. The summed E-state index contributed by atoms with van der Waals surface area (Å²) in [7, 11) is 1.53. The summed E-state index contributed by atoms with van der Waals surface area (Å²) in [6.07, 6.45) is 3.52. The predicted molar refractivity (Wildman–Crippen MR) is 121 cm³/mol. The molecule has 2 heterocycles. The summed E-state index contributed by atoms with van der Waals surface area (Å²) in [5, 5.41) is 3.48. The van der Waals surface area contributed by atoms with Gasteiger partial charge in [0.15, 0.2) is 5.43 Å². The highest BCUT2D eigenvalue weighted by Gasteiger charge is 2.19. The predicted octanol–water partition coefficient (Wildman–Crippen LogP) is 4.40. The summed E-state index contributed by atoms with van der Waals surface area (Å²) in [5.74, 6) is 0.177. The maximum absolute atomic E-state index is 13.0. The normalized spacial score (nSPS) is 11.8. The molecule has 31 heavy (non-hydrogen) atoms. The van der Waals surface area contributed by atoms with E-state index < -0.39 is 0 Å². The highest BCUT2D eigenvalue weighted by Crippen LogP contribution is 2.24. The summed E-state index contributed by atoms with van der Waals surface area (Å²) in [4.78, 5) is 32.9. The van der Waals surface area contributed by atoms with Gasteiger partial charge in [0, 0.05) is 23.3 Å². The molecule has 0 aliphatic rings. The number of rotatable bonds is 5. The third-order valence-corrected chi connectivity index (χ3v) is 5.46. The zero-order chi connectivity index (χ0) is 22.0. The van der Waals surface area contributed by atoms with Crippen LogP contribution in [-0.4, -0.2) is 23.0 Å². The number of hydrogen-bond donors (Lipinski definition) is 2. The largest absolute Gasteiger partial charge is 0.495 e. The molecule has 2 aromatic heterocycles. The van der Waals surface area contributed by atoms with Gasteiger partial charge in [0.05, 0.1) is 18.7 Å². The molecule has 0 saturated carbocycles. The van der Waals surface area contributed by atoms with E-state index in [0.29, 0.717) is 22.2 Å². The van der Waals surface area contributed by atoms with Crippen LogP contribution in [0.1, 0.15) is 34.6 Å². The number of hydrogen-bond acceptors (Lipinski definition) is 4. The molecule has 0 fully saturated rings. The van der Waals surface area contributed by atoms with E-state index in [0.717, 1.165) is 16.7 Å². The third-order valence-electron chi connectivity index (χ3n) is 5.46. The Labute approximate surface area is 179 Å². The Kier molecular flexibility index (Phi) is 5.54. The van der Waals surface area contributed by atoms with Crippen LogP contribution in [0.4, 0.5) is 0 Å². The van der Waals surface area contributed by atoms with Crippen molar-refractivity contribution in [3.8, 4) is 16.9 Å². The van der Waals surface area contributed by atoms with Gasteiger partial charge in [-0.3, -0.25) is 14.6 Å². The van der Waals surface area contributed by atoms with Crippen molar-refractivity contribution in [1.82, 2.24) is 15.3 Å². The molecule has 0 aliphatic heterocycles. The molecule has 0 aliphatic carbocycles. The molecule has 1 atom stereocenters. The van der Waals surface area contributed by atoms with E-state index in [2.05, 4.69) is 15.3 Å². The van der Waals surface area contributed by atoms with Crippen molar-refractivity contribution in [1.29, 1.82) is 0 Å². The minimum atomic E-state index is -0.340. The number of amides is 1. The molecule has 0 bridgehead atoms. The molecule has 0 saturated heterocycles. The van der Waals surface area contributed by atoms with Crippen LogP contribution in [0.25, 0.3) is 22.0 Å². The molecule has 1 amide bonds. The van der Waals surface area contributed by atoms with E-state index >= 15 is 0 Å². The van der Waals surface area contributed by atoms with Crippen molar-refractivity contribution >= 4 is 16.8 Å². The number of carbonyl (C=O) groups is 1. The topological polar surface area (TPSA) is 84.1 Å². The van der Waals surface area contributed by atoms with Crippen LogP contribution in [-0.2, 0) is 0 Å². The number of para-hydroxylation sites is 1. The summed E-state index contributed by atoms with van der Waals surface area (Å²) >= 11 is 0. The van der Waals surface area contributed by atoms with Gasteiger partial charge in [0.2, 0.25) is 0 Å². The second-order valence-electron chi connectivity index (χ2n) is 7.39. The van der Waals surface area contributed by atoms with Crippen LogP contribution in [0.2, 0.25) is 0 Å². The van der Waals surface area contributed by atoms with E-state index in [1.807, 2.05) is 43.3 Å². The van der Waals surface area contributed by atoms with Gasteiger partial charge in [-0.05, 0) is 54.8 Å². The summed E-state index contributed by atoms with van der Waals surface area (Å²) < 4.78 is 5.35. The van der Waals surface area contributed by atoms with Gasteiger partial charge in [-0.25, -0.2) is 0 Å². The van der Waals surface area contributed by atoms with Crippen LogP contribution in [0.5, 0.6) is 5.75 Å². The Hall–Kier alpha value is -3.93. The fourth-order valence-corrected chi connectivity index (χ4v) is 3.64. The first kappa shape index (κ1) is 20.3. The molecule has 6 heteroatoms. The fraction of sp³-hybridized carbons (Fsp3) is 0.160. The number of H-pyrrole nitrogens is 1. The zero-order valence-corrected chi connectivity index (χ0v) is 17.6. The average molecular weight is 413 g/mol. The number of aromatic amines is 1. The standard InChI is InChI=1S/C25H23N3O3/c1-15-22(28-23-20(24(15)29)5-4-6-21(23)31-3)25(30)27-16(2)17-7-9-18(10-8-17)19-11-13-26-14-12-19/h4-14,16H,1-3H3,(H,27,30)(H,28,29). The van der Waals surface area contributed by atoms with Crippen LogP contribution in [0.3, 0.4) is 0 Å². The first-order valence-corrected chi connectivity index (χ1v) is 10.0. The Balaban J connectivity index is 1.60. The minimum absolute atomic E-state index is 0.188. The molecule has 2 N–H and O–H groups in total. The minimum Gasteiger partial charge on any atom is -0.495 e. The number of pyridine rings is 2. The molecule has 4 rings (SSSR count). The second kappa shape index (κ2) is 8.44. The van der Waals surface area contributed by atoms with Crippen LogP contribution in [0.15, 0.2) is 71.8 Å². The Bertz CT molecular complexity index is 1300. The molecule has 156 valence electrons. The van der Waals surface area contributed by atoms with E-state index in [4.69, 9.17) is 4.74 Å². The SMILES string of the molecule is COc1cccc2c(=O)c(C)c(C(=O)NC(C)c3ccc(-c4ccncc4)cc3)[nH]c12. The van der Waals surface area contributed by atoms with Gasteiger partial charge in [-0.15, -0.1) is 0 Å². The number of benzene rings is 2. The molecule has 0 radical (unpaired) electrons. The molecular formula is C25H23N3O3. The molecule has 4 aromatic rings. The number of nitrogens with zero attached hydrogens (tertiary/aromatic N) is 1. The number of fused-ring (bicyclic) bond motifs is 1. The smallest absolute Gasteiger partial charge is 0.268 e. The Morgan fingerprint density at radius 3 is 2.39 bits per heavy atom. The fourth-order valence-electron chi connectivity index (χ4n) is 3.64. The number of ether oxygens (including phenoxy) is 1. The third kappa shape index (κ3) is 3.92. The molecule has 6 nitrogen and oxygen atoms in total. The van der Waals surface area contributed by atoms with Crippen LogP contribution < -0.4 is 15.5 Å². The van der Waals surface area contributed by atoms with Crippen molar-refractivity contribution < 1.29 is 9.53 Å². The molecule has 1 unspecified atom stereocenters. The van der Waals surface area contributed by atoms with Gasteiger partial charge in [-0.2, -0.15) is 0 Å². The number of nitrogens with one attached hydrogen (secondary N) is 2. The van der Waals surface area contributed by atoms with Crippen molar-refractivity contribution in [2.45, 2.75) is 19.9 Å². The molecule has 0 spiro atoms. The summed E-state index contributed by atoms with van der Waals surface area (Å²) in [5.41, 5.74) is 4.06. The van der Waals surface area contributed by atoms with Crippen LogP contribution >= 0.6 is 0 Å². The van der Waals surface area contributed by atoms with Gasteiger partial charge < -0.3 is 15.0 Å². The first-order chi connectivity index (χ1) is 15.0. The highest BCUT2D eigenvalue weighted by atomic mass is 16.5. The Morgan fingerprint density at radius 1 is 1.03 bits per heavy atom. The van der Waals surface area contributed by atoms with Gasteiger partial charge in [0.25, 0.3) is 5.91 Å². The number of carbonyl (C=O) groups excluding carboxylic acids is 1. The first-order valence-electron chi connectivity index (χ1n) is 10.0. The Morgan fingerprint density at radius 2 is 1.71 bits per heavy atom. The number of methoxy groups -OCH3 is 1. The maximum Gasteiger partial charge on any atom is 0.268 e. The van der Waals surface area contributed by atoms with Crippen LogP contribution in [0, 0.1) is 6.92 Å². The van der Waals surface area contributed by atoms with Crippen molar-refractivity contribution in [3.63, 3.8) is 0 Å². The lowest BCUT2D eigenvalue weighted by atomic mass is 10.0. The zero-order valence-electron chi connectivity index (χ0n) is 17.6. The van der Waals surface area contributed by atoms with E-state index in [1.165, 1.54) is 7.11 Å². The van der Waals surface area contributed by atoms with Crippen molar-refractivity contribution in [2.75, 3.05) is 7.11 Å². The maximum atomic E-state index is 13.0. The van der Waals surface area contributed by atoms with Gasteiger partial charge in [-0.1, -0.05) is 30.3 Å². The monoisotopic (exact) mass is 413 g/mol. The summed E-state index contributed by atoms with van der Waals surface area (Å²) in [6, 6.07) is 16.9. The lowest BCUT2D eigenvalue weighted by molar-refractivity contribution is 0.0934. The second-order valence-corrected chi connectivity index (χ2v) is 7.39. The van der Waals surface area contributed by atoms with Gasteiger partial charge >= 0.3 is 0 Å². The highest BCUT2D eigenvalue weighted by molar-refractivity contribution is 5.97.